The van der Waals surface area contributed by atoms with E-state index in [4.69, 9.17) is 17.3 Å². The summed E-state index contributed by atoms with van der Waals surface area (Å²) < 4.78 is 36.1. The number of sulfone groups is 1. The number of nitrogen functional groups attached to an aromatic ring is 1. The van der Waals surface area contributed by atoms with Gasteiger partial charge in [0.1, 0.15) is 5.82 Å². The van der Waals surface area contributed by atoms with Gasteiger partial charge in [-0.1, -0.05) is 11.6 Å². The maximum absolute atomic E-state index is 13.2. The lowest BCUT2D eigenvalue weighted by Gasteiger charge is -2.26. The molecule has 0 spiro atoms. The Balaban J connectivity index is 2.28. The van der Waals surface area contributed by atoms with Crippen molar-refractivity contribution in [1.29, 1.82) is 0 Å². The zero-order chi connectivity index (χ0) is 13.6. The molecule has 0 aliphatic carbocycles. The van der Waals surface area contributed by atoms with Gasteiger partial charge >= 0.3 is 0 Å². The average Bonchev–Trinajstić information content (AvgIpc) is 2.50. The van der Waals surface area contributed by atoms with Gasteiger partial charge in [-0.15, -0.1) is 0 Å². The van der Waals surface area contributed by atoms with Crippen LogP contribution in [0.4, 0.5) is 15.8 Å². The Morgan fingerprint density at radius 2 is 2.17 bits per heavy atom. The summed E-state index contributed by atoms with van der Waals surface area (Å²) in [5.41, 5.74) is 5.76. The van der Waals surface area contributed by atoms with E-state index >= 15 is 0 Å². The summed E-state index contributed by atoms with van der Waals surface area (Å²) in [5.74, 6) is -0.413. The molecular weight excluding hydrogens is 279 g/mol. The highest BCUT2D eigenvalue weighted by Gasteiger charge is 2.38. The van der Waals surface area contributed by atoms with Gasteiger partial charge < -0.3 is 11.1 Å². The smallest absolute Gasteiger partial charge is 0.152 e. The highest BCUT2D eigenvalue weighted by molar-refractivity contribution is 7.91. The van der Waals surface area contributed by atoms with Gasteiger partial charge in [0.25, 0.3) is 0 Å². The highest BCUT2D eigenvalue weighted by atomic mass is 35.5. The molecule has 1 unspecified atom stereocenters. The quantitative estimate of drug-likeness (QED) is 0.818. The van der Waals surface area contributed by atoms with E-state index < -0.39 is 21.2 Å². The Morgan fingerprint density at radius 3 is 2.72 bits per heavy atom. The number of rotatable bonds is 2. The van der Waals surface area contributed by atoms with Crippen LogP contribution in [0, 0.1) is 5.82 Å². The first-order chi connectivity index (χ1) is 8.21. The molecule has 1 aliphatic heterocycles. The first-order valence-corrected chi connectivity index (χ1v) is 7.64. The summed E-state index contributed by atoms with van der Waals surface area (Å²) in [7, 11) is -3.02. The SMILES string of the molecule is CC1(Nc2cc(Cl)c(F)cc2N)CCS(=O)(=O)C1. The fourth-order valence-corrected chi connectivity index (χ4v) is 4.36. The molecular formula is C11H14ClFN2O2S. The van der Waals surface area contributed by atoms with Crippen LogP contribution in [0.3, 0.4) is 0 Å². The second-order valence-corrected chi connectivity index (χ2v) is 7.47. The summed E-state index contributed by atoms with van der Waals surface area (Å²) >= 11 is 5.68. The van der Waals surface area contributed by atoms with Crippen molar-refractivity contribution in [3.8, 4) is 0 Å². The third-order valence-electron chi connectivity index (χ3n) is 3.03. The van der Waals surface area contributed by atoms with E-state index in [2.05, 4.69) is 5.32 Å². The minimum Gasteiger partial charge on any atom is -0.397 e. The second kappa shape index (κ2) is 4.28. The van der Waals surface area contributed by atoms with E-state index in [1.54, 1.807) is 6.92 Å². The summed E-state index contributed by atoms with van der Waals surface area (Å²) in [4.78, 5) is 0. The fourth-order valence-electron chi connectivity index (χ4n) is 2.10. The van der Waals surface area contributed by atoms with Gasteiger partial charge in [0.05, 0.1) is 27.9 Å². The van der Waals surface area contributed by atoms with Gasteiger partial charge in [0.2, 0.25) is 0 Å². The minimum atomic E-state index is -3.02. The van der Waals surface area contributed by atoms with Crippen molar-refractivity contribution in [3.63, 3.8) is 0 Å². The van der Waals surface area contributed by atoms with Gasteiger partial charge in [0.15, 0.2) is 9.84 Å². The van der Waals surface area contributed by atoms with Crippen LogP contribution in [0.5, 0.6) is 0 Å². The summed E-state index contributed by atoms with van der Waals surface area (Å²) in [6.07, 6.45) is 0.490. The lowest BCUT2D eigenvalue weighted by molar-refractivity contribution is 0.573. The number of halogens is 2. The van der Waals surface area contributed by atoms with E-state index in [-0.39, 0.29) is 22.2 Å². The van der Waals surface area contributed by atoms with Gasteiger partial charge in [-0.2, -0.15) is 0 Å². The first-order valence-electron chi connectivity index (χ1n) is 5.44. The predicted molar refractivity (Wildman–Crippen MR) is 71.1 cm³/mol. The lowest BCUT2D eigenvalue weighted by Crippen LogP contribution is -2.36. The van der Waals surface area contributed by atoms with E-state index in [1.807, 2.05) is 0 Å². The van der Waals surface area contributed by atoms with Crippen LogP contribution in [0.15, 0.2) is 12.1 Å². The van der Waals surface area contributed by atoms with Crippen molar-refractivity contribution in [2.45, 2.75) is 18.9 Å². The standard InChI is InChI=1S/C11H14ClFN2O2S/c1-11(2-3-18(16,17)6-11)15-10-4-7(12)8(13)5-9(10)14/h4-5,15H,2-3,6,14H2,1H3. The van der Waals surface area contributed by atoms with Gasteiger partial charge in [-0.05, 0) is 19.4 Å². The monoisotopic (exact) mass is 292 g/mol. The minimum absolute atomic E-state index is 0.0361. The summed E-state index contributed by atoms with van der Waals surface area (Å²) in [5, 5.41) is 3.01. The molecule has 18 heavy (non-hydrogen) atoms. The first kappa shape index (κ1) is 13.4. The number of anilines is 2. The van der Waals surface area contributed by atoms with Crippen molar-refractivity contribution < 1.29 is 12.8 Å². The molecule has 0 radical (unpaired) electrons. The third kappa shape index (κ3) is 2.70. The maximum Gasteiger partial charge on any atom is 0.152 e. The number of hydrogen-bond acceptors (Lipinski definition) is 4. The van der Waals surface area contributed by atoms with Crippen LogP contribution in [0.25, 0.3) is 0 Å². The zero-order valence-electron chi connectivity index (χ0n) is 9.83. The highest BCUT2D eigenvalue weighted by Crippen LogP contribution is 2.32. The Bertz CT molecular complexity index is 591. The van der Waals surface area contributed by atoms with Gasteiger partial charge in [0, 0.05) is 11.6 Å². The molecule has 0 saturated carbocycles. The summed E-state index contributed by atoms with van der Waals surface area (Å²) in [6.45, 7) is 1.80. The van der Waals surface area contributed by atoms with Crippen molar-refractivity contribution in [2.75, 3.05) is 22.6 Å². The Labute approximate surface area is 110 Å². The average molecular weight is 293 g/mol. The molecule has 3 N–H and O–H groups in total. The lowest BCUT2D eigenvalue weighted by atomic mass is 10.0. The van der Waals surface area contributed by atoms with Gasteiger partial charge in [-0.3, -0.25) is 0 Å². The molecule has 1 heterocycles. The second-order valence-electron chi connectivity index (χ2n) is 4.88. The molecule has 0 aromatic heterocycles. The van der Waals surface area contributed by atoms with Crippen molar-refractivity contribution in [3.05, 3.63) is 23.0 Å². The van der Waals surface area contributed by atoms with Crippen molar-refractivity contribution in [1.82, 2.24) is 0 Å². The maximum atomic E-state index is 13.2. The molecule has 1 aliphatic rings. The zero-order valence-corrected chi connectivity index (χ0v) is 11.4. The number of hydrogen-bond donors (Lipinski definition) is 2. The molecule has 4 nitrogen and oxygen atoms in total. The van der Waals surface area contributed by atoms with E-state index in [0.29, 0.717) is 12.1 Å². The largest absolute Gasteiger partial charge is 0.397 e. The number of benzene rings is 1. The fraction of sp³-hybridized carbons (Fsp3) is 0.455. The van der Waals surface area contributed by atoms with E-state index in [0.717, 1.165) is 6.07 Å². The van der Waals surface area contributed by atoms with Crippen LogP contribution in [0.1, 0.15) is 13.3 Å². The van der Waals surface area contributed by atoms with Gasteiger partial charge in [-0.25, -0.2) is 12.8 Å². The molecule has 1 fully saturated rings. The summed E-state index contributed by atoms with van der Waals surface area (Å²) in [6, 6.07) is 2.50. The molecule has 7 heteroatoms. The topological polar surface area (TPSA) is 72.2 Å². The Morgan fingerprint density at radius 1 is 1.50 bits per heavy atom. The van der Waals surface area contributed by atoms with Crippen molar-refractivity contribution >= 4 is 32.8 Å². The molecule has 0 amide bonds. The third-order valence-corrected chi connectivity index (χ3v) is 5.22. The molecule has 1 atom stereocenters. The predicted octanol–water partition coefficient (Wildman–Crippen LogP) is 2.05. The molecule has 100 valence electrons. The van der Waals surface area contributed by atoms with Crippen LogP contribution >= 0.6 is 11.6 Å². The number of nitrogens with one attached hydrogen (secondary N) is 1. The molecule has 1 aromatic rings. The normalized spacial score (nSPS) is 26.2. The van der Waals surface area contributed by atoms with Crippen LogP contribution in [-0.2, 0) is 9.84 Å². The molecule has 1 saturated heterocycles. The van der Waals surface area contributed by atoms with Crippen LogP contribution < -0.4 is 11.1 Å². The number of nitrogens with two attached hydrogens (primary N) is 1. The molecule has 0 bridgehead atoms. The van der Waals surface area contributed by atoms with E-state index in [9.17, 15) is 12.8 Å². The van der Waals surface area contributed by atoms with Crippen LogP contribution in [0.2, 0.25) is 5.02 Å². The van der Waals surface area contributed by atoms with E-state index in [1.165, 1.54) is 6.07 Å². The van der Waals surface area contributed by atoms with Crippen LogP contribution in [-0.4, -0.2) is 25.5 Å². The molecule has 2 rings (SSSR count). The molecule has 1 aromatic carbocycles. The Kier molecular flexibility index (Phi) is 3.19. The van der Waals surface area contributed by atoms with Crippen molar-refractivity contribution in [2.24, 2.45) is 0 Å². The Hall–Kier alpha value is -1.01.